The Hall–Kier alpha value is -0.410. The van der Waals surface area contributed by atoms with Crippen LogP contribution in [0.2, 0.25) is 0 Å². The lowest BCUT2D eigenvalue weighted by Gasteiger charge is -2.35. The van der Waals surface area contributed by atoms with Crippen molar-refractivity contribution in [2.45, 2.75) is 32.2 Å². The third-order valence-electron chi connectivity index (χ3n) is 2.64. The van der Waals surface area contributed by atoms with Gasteiger partial charge < -0.3 is 10.1 Å². The number of carbonyl (C=O) groups excluding carboxylic acids is 1. The molecule has 3 heteroatoms. The van der Waals surface area contributed by atoms with Gasteiger partial charge in [-0.05, 0) is 13.0 Å². The number of rotatable bonds is 5. The lowest BCUT2D eigenvalue weighted by Crippen LogP contribution is -2.51. The topological polar surface area (TPSA) is 32.3 Å². The minimum Gasteiger partial charge on any atom is -0.314 e. The summed E-state index contributed by atoms with van der Waals surface area (Å²) in [6.07, 6.45) is 4.19. The first-order valence-corrected chi connectivity index (χ1v) is 5.27. The zero-order chi connectivity index (χ0) is 9.52. The van der Waals surface area contributed by atoms with Crippen LogP contribution < -0.4 is 5.32 Å². The molecule has 1 aliphatic heterocycles. The van der Waals surface area contributed by atoms with Crippen LogP contribution in [0.4, 0.5) is 0 Å². The van der Waals surface area contributed by atoms with Gasteiger partial charge in [0.15, 0.2) is 0 Å². The third kappa shape index (κ3) is 3.44. The number of carbonyl (C=O) groups is 1. The largest absolute Gasteiger partial charge is 0.314 e. The number of nitrogens with zero attached hydrogens (tertiary/aromatic N) is 1. The van der Waals surface area contributed by atoms with Crippen LogP contribution in [0.3, 0.4) is 0 Å². The van der Waals surface area contributed by atoms with E-state index in [0.717, 1.165) is 32.5 Å². The quantitative estimate of drug-likeness (QED) is 0.637. The van der Waals surface area contributed by atoms with Gasteiger partial charge in [0, 0.05) is 32.1 Å². The first kappa shape index (κ1) is 10.7. The van der Waals surface area contributed by atoms with Gasteiger partial charge in [-0.2, -0.15) is 0 Å². The van der Waals surface area contributed by atoms with Gasteiger partial charge in [0.1, 0.15) is 6.29 Å². The smallest absolute Gasteiger partial charge is 0.121 e. The molecule has 0 aromatic rings. The van der Waals surface area contributed by atoms with E-state index in [1.807, 2.05) is 0 Å². The average molecular weight is 184 g/mol. The number of aldehydes is 1. The lowest BCUT2D eigenvalue weighted by molar-refractivity contribution is -0.109. The fourth-order valence-electron chi connectivity index (χ4n) is 1.80. The highest BCUT2D eigenvalue weighted by Gasteiger charge is 2.20. The molecule has 1 heterocycles. The van der Waals surface area contributed by atoms with Crippen molar-refractivity contribution in [1.29, 1.82) is 0 Å². The Labute approximate surface area is 80.5 Å². The fourth-order valence-corrected chi connectivity index (χ4v) is 1.80. The van der Waals surface area contributed by atoms with E-state index < -0.39 is 0 Å². The maximum absolute atomic E-state index is 10.4. The predicted octanol–water partition coefficient (Wildman–Crippen LogP) is 0.649. The van der Waals surface area contributed by atoms with Crippen molar-refractivity contribution in [2.24, 2.45) is 0 Å². The van der Waals surface area contributed by atoms with Crippen molar-refractivity contribution >= 4 is 6.29 Å². The van der Waals surface area contributed by atoms with Crippen LogP contribution >= 0.6 is 0 Å². The molecular weight excluding hydrogens is 164 g/mol. The van der Waals surface area contributed by atoms with E-state index in [2.05, 4.69) is 17.1 Å². The number of nitrogens with one attached hydrogen (secondary N) is 1. The van der Waals surface area contributed by atoms with Crippen LogP contribution in [-0.2, 0) is 4.79 Å². The summed E-state index contributed by atoms with van der Waals surface area (Å²) in [5.74, 6) is 0. The number of hydrogen-bond acceptors (Lipinski definition) is 3. The third-order valence-corrected chi connectivity index (χ3v) is 2.64. The first-order valence-electron chi connectivity index (χ1n) is 5.27. The SMILES string of the molecule is CCCCN1CCNCC1CC=O. The van der Waals surface area contributed by atoms with Gasteiger partial charge in [0.2, 0.25) is 0 Å². The summed E-state index contributed by atoms with van der Waals surface area (Å²) in [5, 5.41) is 3.33. The summed E-state index contributed by atoms with van der Waals surface area (Å²) < 4.78 is 0. The summed E-state index contributed by atoms with van der Waals surface area (Å²) in [4.78, 5) is 12.9. The van der Waals surface area contributed by atoms with Crippen LogP contribution in [0.5, 0.6) is 0 Å². The monoisotopic (exact) mass is 184 g/mol. The van der Waals surface area contributed by atoms with E-state index in [-0.39, 0.29) is 0 Å². The molecule has 0 aromatic carbocycles. The van der Waals surface area contributed by atoms with Gasteiger partial charge >= 0.3 is 0 Å². The standard InChI is InChI=1S/C10H20N2O/c1-2-3-6-12-7-5-11-9-10(12)4-8-13/h8,10-11H,2-7,9H2,1H3. The van der Waals surface area contributed by atoms with Crippen LogP contribution in [0.1, 0.15) is 26.2 Å². The minimum atomic E-state index is 0.442. The van der Waals surface area contributed by atoms with Gasteiger partial charge in [-0.1, -0.05) is 13.3 Å². The Kier molecular flexibility index (Phi) is 5.01. The Morgan fingerprint density at radius 2 is 2.46 bits per heavy atom. The molecule has 76 valence electrons. The Morgan fingerprint density at radius 3 is 3.15 bits per heavy atom. The fraction of sp³-hybridized carbons (Fsp3) is 0.900. The highest BCUT2D eigenvalue weighted by molar-refractivity contribution is 5.50. The van der Waals surface area contributed by atoms with Crippen molar-refractivity contribution in [3.63, 3.8) is 0 Å². The molecule has 0 radical (unpaired) electrons. The predicted molar refractivity (Wildman–Crippen MR) is 53.8 cm³/mol. The Bertz CT molecular complexity index is 150. The first-order chi connectivity index (χ1) is 6.38. The number of unbranched alkanes of at least 4 members (excludes halogenated alkanes) is 1. The second-order valence-electron chi connectivity index (χ2n) is 3.65. The molecule has 0 saturated carbocycles. The molecule has 1 saturated heterocycles. The summed E-state index contributed by atoms with van der Waals surface area (Å²) in [5.41, 5.74) is 0. The molecule has 0 aromatic heterocycles. The lowest BCUT2D eigenvalue weighted by atomic mass is 10.1. The Balaban J connectivity index is 2.32. The maximum atomic E-state index is 10.4. The molecule has 0 bridgehead atoms. The summed E-state index contributed by atoms with van der Waals surface area (Å²) in [6, 6.07) is 0.442. The number of hydrogen-bond donors (Lipinski definition) is 1. The van der Waals surface area contributed by atoms with Gasteiger partial charge in [-0.3, -0.25) is 4.90 Å². The van der Waals surface area contributed by atoms with Gasteiger partial charge in [0.05, 0.1) is 0 Å². The van der Waals surface area contributed by atoms with Crippen LogP contribution in [-0.4, -0.2) is 43.4 Å². The zero-order valence-electron chi connectivity index (χ0n) is 8.46. The van der Waals surface area contributed by atoms with E-state index in [1.54, 1.807) is 0 Å². The number of piperazine rings is 1. The molecule has 0 aliphatic carbocycles. The molecule has 1 N–H and O–H groups in total. The second-order valence-corrected chi connectivity index (χ2v) is 3.65. The molecule has 0 spiro atoms. The van der Waals surface area contributed by atoms with Crippen LogP contribution in [0.15, 0.2) is 0 Å². The van der Waals surface area contributed by atoms with Gasteiger partial charge in [-0.25, -0.2) is 0 Å². The van der Waals surface area contributed by atoms with Crippen molar-refractivity contribution < 1.29 is 4.79 Å². The van der Waals surface area contributed by atoms with E-state index in [1.165, 1.54) is 12.8 Å². The molecular formula is C10H20N2O. The van der Waals surface area contributed by atoms with E-state index in [4.69, 9.17) is 0 Å². The minimum absolute atomic E-state index is 0.442. The van der Waals surface area contributed by atoms with Crippen molar-refractivity contribution in [1.82, 2.24) is 10.2 Å². The molecule has 1 unspecified atom stereocenters. The zero-order valence-corrected chi connectivity index (χ0v) is 8.46. The maximum Gasteiger partial charge on any atom is 0.121 e. The molecule has 1 atom stereocenters. The average Bonchev–Trinajstić information content (AvgIpc) is 2.17. The highest BCUT2D eigenvalue weighted by atomic mass is 16.1. The normalized spacial score (nSPS) is 24.5. The van der Waals surface area contributed by atoms with Crippen LogP contribution in [0.25, 0.3) is 0 Å². The van der Waals surface area contributed by atoms with E-state index in [0.29, 0.717) is 12.5 Å². The second kappa shape index (κ2) is 6.11. The molecule has 3 nitrogen and oxygen atoms in total. The van der Waals surface area contributed by atoms with Crippen molar-refractivity contribution in [3.05, 3.63) is 0 Å². The Morgan fingerprint density at radius 1 is 1.62 bits per heavy atom. The van der Waals surface area contributed by atoms with Gasteiger partial charge in [-0.15, -0.1) is 0 Å². The summed E-state index contributed by atoms with van der Waals surface area (Å²) in [6.45, 7) is 6.49. The highest BCUT2D eigenvalue weighted by Crippen LogP contribution is 2.07. The van der Waals surface area contributed by atoms with E-state index >= 15 is 0 Å². The summed E-state index contributed by atoms with van der Waals surface area (Å²) in [7, 11) is 0. The van der Waals surface area contributed by atoms with Gasteiger partial charge in [0.25, 0.3) is 0 Å². The molecule has 1 fully saturated rings. The molecule has 0 amide bonds. The van der Waals surface area contributed by atoms with E-state index in [9.17, 15) is 4.79 Å². The van der Waals surface area contributed by atoms with Crippen LogP contribution in [0, 0.1) is 0 Å². The molecule has 1 rings (SSSR count). The van der Waals surface area contributed by atoms with Crippen molar-refractivity contribution in [2.75, 3.05) is 26.2 Å². The molecule has 13 heavy (non-hydrogen) atoms. The molecule has 1 aliphatic rings. The summed E-state index contributed by atoms with van der Waals surface area (Å²) >= 11 is 0. The van der Waals surface area contributed by atoms with Crippen molar-refractivity contribution in [3.8, 4) is 0 Å².